The zero-order valence-corrected chi connectivity index (χ0v) is 13.2. The zero-order valence-electron chi connectivity index (χ0n) is 13.2. The van der Waals surface area contributed by atoms with Gasteiger partial charge in [-0.3, -0.25) is 4.90 Å². The standard InChI is InChI=1S/C16H25N2O5/c1-17-6-3-5-11(17)10-4-2-7-18(8-10)16-15(22)14(21)13(20)12(9-19)23-16/h2,4,7-8,11-16,19-22H,3,5-6,9H2,1H3/q+1/t11-,12+,13+,14-,15+,16+/m0/s1. The van der Waals surface area contributed by atoms with Crippen LogP contribution in [0.2, 0.25) is 0 Å². The van der Waals surface area contributed by atoms with E-state index in [9.17, 15) is 20.4 Å². The molecule has 2 aliphatic rings. The lowest BCUT2D eigenvalue weighted by molar-refractivity contribution is -0.778. The molecule has 2 fully saturated rings. The van der Waals surface area contributed by atoms with E-state index in [-0.39, 0.29) is 0 Å². The van der Waals surface area contributed by atoms with Gasteiger partial charge < -0.3 is 25.2 Å². The molecule has 0 spiro atoms. The molecule has 3 heterocycles. The largest absolute Gasteiger partial charge is 0.394 e. The Morgan fingerprint density at radius 2 is 2.04 bits per heavy atom. The average Bonchev–Trinajstić information content (AvgIpc) is 2.99. The second-order valence-electron chi connectivity index (χ2n) is 6.44. The van der Waals surface area contributed by atoms with Crippen LogP contribution in [0.4, 0.5) is 0 Å². The summed E-state index contributed by atoms with van der Waals surface area (Å²) in [4.78, 5) is 2.28. The first kappa shape index (κ1) is 16.8. The molecule has 0 amide bonds. The predicted molar refractivity (Wildman–Crippen MR) is 80.3 cm³/mol. The van der Waals surface area contributed by atoms with Crippen LogP contribution < -0.4 is 4.57 Å². The Bertz CT molecular complexity index is 541. The SMILES string of the molecule is CN1CCC[C@H]1c1ccc[n+]([C@@H]2O[C@H](CO)[C@@H](O)[C@H](O)[C@H]2O)c1. The first-order valence-corrected chi connectivity index (χ1v) is 8.04. The molecule has 0 radical (unpaired) electrons. The van der Waals surface area contributed by atoms with Crippen molar-refractivity contribution in [1.29, 1.82) is 0 Å². The predicted octanol–water partition coefficient (Wildman–Crippen LogP) is -1.29. The molecule has 7 heteroatoms. The normalized spacial score (nSPS) is 38.8. The van der Waals surface area contributed by atoms with E-state index >= 15 is 0 Å². The van der Waals surface area contributed by atoms with Crippen LogP contribution in [-0.2, 0) is 4.74 Å². The molecule has 0 saturated carbocycles. The van der Waals surface area contributed by atoms with E-state index in [0.29, 0.717) is 6.04 Å². The summed E-state index contributed by atoms with van der Waals surface area (Å²) in [5.74, 6) is 0. The Morgan fingerprint density at radius 1 is 1.26 bits per heavy atom. The minimum atomic E-state index is -1.36. The van der Waals surface area contributed by atoms with Crippen molar-refractivity contribution in [2.24, 2.45) is 0 Å². The summed E-state index contributed by atoms with van der Waals surface area (Å²) < 4.78 is 7.30. The average molecular weight is 325 g/mol. The van der Waals surface area contributed by atoms with Gasteiger partial charge in [-0.05, 0) is 32.5 Å². The lowest BCUT2D eigenvalue weighted by Crippen LogP contribution is -2.62. The van der Waals surface area contributed by atoms with E-state index in [4.69, 9.17) is 4.74 Å². The molecule has 0 aliphatic carbocycles. The molecule has 1 aromatic heterocycles. The fourth-order valence-electron chi connectivity index (χ4n) is 3.53. The van der Waals surface area contributed by atoms with Crippen LogP contribution in [0.15, 0.2) is 24.5 Å². The zero-order chi connectivity index (χ0) is 16.6. The van der Waals surface area contributed by atoms with Crippen molar-refractivity contribution in [3.8, 4) is 0 Å². The van der Waals surface area contributed by atoms with Crippen LogP contribution >= 0.6 is 0 Å². The Morgan fingerprint density at radius 3 is 2.70 bits per heavy atom. The summed E-state index contributed by atoms with van der Waals surface area (Å²) in [5, 5.41) is 39.3. The monoisotopic (exact) mass is 325 g/mol. The molecule has 1 aromatic rings. The summed E-state index contributed by atoms with van der Waals surface area (Å²) in [7, 11) is 2.09. The van der Waals surface area contributed by atoms with Crippen molar-refractivity contribution in [2.45, 2.75) is 49.5 Å². The van der Waals surface area contributed by atoms with Crippen molar-refractivity contribution < 1.29 is 29.7 Å². The van der Waals surface area contributed by atoms with Crippen LogP contribution in [-0.4, -0.2) is 69.9 Å². The summed E-state index contributed by atoms with van der Waals surface area (Å²) in [5.41, 5.74) is 1.12. The van der Waals surface area contributed by atoms with Crippen LogP contribution in [0.1, 0.15) is 30.7 Å². The van der Waals surface area contributed by atoms with E-state index in [0.717, 1.165) is 24.9 Å². The molecule has 2 saturated heterocycles. The molecular weight excluding hydrogens is 300 g/mol. The van der Waals surface area contributed by atoms with Gasteiger partial charge in [0.25, 0.3) is 6.23 Å². The molecule has 4 N–H and O–H groups in total. The third-order valence-corrected chi connectivity index (χ3v) is 4.91. The third-order valence-electron chi connectivity index (χ3n) is 4.91. The van der Waals surface area contributed by atoms with E-state index < -0.39 is 37.3 Å². The number of aromatic nitrogens is 1. The number of hydrogen-bond donors (Lipinski definition) is 4. The summed E-state index contributed by atoms with van der Waals surface area (Å²) >= 11 is 0. The first-order chi connectivity index (χ1) is 11.0. The molecular formula is C16H25N2O5+. The van der Waals surface area contributed by atoms with Crippen molar-refractivity contribution >= 4 is 0 Å². The molecule has 6 atom stereocenters. The highest BCUT2D eigenvalue weighted by Gasteiger charge is 2.48. The van der Waals surface area contributed by atoms with Gasteiger partial charge in [0.05, 0.1) is 6.61 Å². The highest BCUT2D eigenvalue weighted by molar-refractivity contribution is 5.13. The Kier molecular flexibility index (Phi) is 4.96. The molecule has 23 heavy (non-hydrogen) atoms. The Hall–Kier alpha value is -1.09. The van der Waals surface area contributed by atoms with E-state index in [1.807, 2.05) is 18.3 Å². The molecule has 0 aromatic carbocycles. The second-order valence-corrected chi connectivity index (χ2v) is 6.44. The number of nitrogens with zero attached hydrogens (tertiary/aromatic N) is 2. The molecule has 128 valence electrons. The number of aliphatic hydroxyl groups is 4. The van der Waals surface area contributed by atoms with Crippen LogP contribution in [0, 0.1) is 0 Å². The number of aliphatic hydroxyl groups excluding tert-OH is 4. The maximum absolute atomic E-state index is 10.2. The van der Waals surface area contributed by atoms with Crippen molar-refractivity contribution in [3.63, 3.8) is 0 Å². The van der Waals surface area contributed by atoms with Gasteiger partial charge in [0.2, 0.25) is 0 Å². The molecule has 7 nitrogen and oxygen atoms in total. The van der Waals surface area contributed by atoms with Crippen LogP contribution in [0.25, 0.3) is 0 Å². The van der Waals surface area contributed by atoms with Crippen molar-refractivity contribution in [2.75, 3.05) is 20.2 Å². The number of ether oxygens (including phenoxy) is 1. The summed E-state index contributed by atoms with van der Waals surface area (Å²) in [6.07, 6.45) is 0.165. The fourth-order valence-corrected chi connectivity index (χ4v) is 3.53. The van der Waals surface area contributed by atoms with Gasteiger partial charge in [-0.2, -0.15) is 4.57 Å². The minimum Gasteiger partial charge on any atom is -0.394 e. The summed E-state index contributed by atoms with van der Waals surface area (Å²) in [6, 6.07) is 4.24. The lowest BCUT2D eigenvalue weighted by Gasteiger charge is -2.36. The highest BCUT2D eigenvalue weighted by atomic mass is 16.6. The molecule has 0 unspecified atom stereocenters. The molecule has 3 rings (SSSR count). The number of pyridine rings is 1. The molecule has 0 bridgehead atoms. The Balaban J connectivity index is 1.85. The maximum Gasteiger partial charge on any atom is 0.292 e. The van der Waals surface area contributed by atoms with Gasteiger partial charge in [0.15, 0.2) is 18.5 Å². The van der Waals surface area contributed by atoms with E-state index in [2.05, 4.69) is 11.9 Å². The van der Waals surface area contributed by atoms with Gasteiger partial charge in [-0.15, -0.1) is 0 Å². The Labute approximate surface area is 135 Å². The van der Waals surface area contributed by atoms with Gasteiger partial charge in [-0.25, -0.2) is 0 Å². The minimum absolute atomic E-state index is 0.326. The van der Waals surface area contributed by atoms with Gasteiger partial charge in [0.1, 0.15) is 18.3 Å². The fraction of sp³-hybridized carbons (Fsp3) is 0.688. The van der Waals surface area contributed by atoms with Crippen LogP contribution in [0.3, 0.4) is 0 Å². The van der Waals surface area contributed by atoms with Crippen LogP contribution in [0.5, 0.6) is 0 Å². The van der Waals surface area contributed by atoms with Gasteiger partial charge in [-0.1, -0.05) is 0 Å². The first-order valence-electron chi connectivity index (χ1n) is 8.04. The van der Waals surface area contributed by atoms with Crippen molar-refractivity contribution in [3.05, 3.63) is 30.1 Å². The third kappa shape index (κ3) is 3.13. The number of rotatable bonds is 3. The van der Waals surface area contributed by atoms with E-state index in [1.165, 1.54) is 0 Å². The van der Waals surface area contributed by atoms with Crippen molar-refractivity contribution in [1.82, 2.24) is 4.90 Å². The maximum atomic E-state index is 10.2. The smallest absolute Gasteiger partial charge is 0.292 e. The summed E-state index contributed by atoms with van der Waals surface area (Å²) in [6.45, 7) is 0.632. The number of likely N-dealkylation sites (tertiary alicyclic amines) is 1. The highest BCUT2D eigenvalue weighted by Crippen LogP contribution is 2.30. The molecule has 2 aliphatic heterocycles. The lowest BCUT2D eigenvalue weighted by atomic mass is 9.98. The quantitative estimate of drug-likeness (QED) is 0.517. The van der Waals surface area contributed by atoms with E-state index in [1.54, 1.807) is 10.8 Å². The van der Waals surface area contributed by atoms with Gasteiger partial charge >= 0.3 is 0 Å². The topological polar surface area (TPSA) is 97.3 Å². The second kappa shape index (κ2) is 6.80. The van der Waals surface area contributed by atoms with Gasteiger partial charge in [0, 0.05) is 17.7 Å². The number of hydrogen-bond acceptors (Lipinski definition) is 6.